The largest absolute Gasteiger partial charge is 0.343 e. The molecule has 1 aliphatic rings. The number of nitrogens with zero attached hydrogens (tertiary/aromatic N) is 3. The third kappa shape index (κ3) is 5.34. The number of thiophene rings is 1. The van der Waals surface area contributed by atoms with Crippen molar-refractivity contribution in [3.63, 3.8) is 0 Å². The number of amides is 2. The Morgan fingerprint density at radius 1 is 1.06 bits per heavy atom. The minimum atomic E-state index is 0.00390. The normalized spacial score (nSPS) is 13.5. The van der Waals surface area contributed by atoms with Gasteiger partial charge < -0.3 is 9.80 Å². The van der Waals surface area contributed by atoms with Crippen molar-refractivity contribution in [1.29, 1.82) is 0 Å². The van der Waals surface area contributed by atoms with E-state index >= 15 is 0 Å². The van der Waals surface area contributed by atoms with Crippen LogP contribution < -0.4 is 0 Å². The lowest BCUT2D eigenvalue weighted by Crippen LogP contribution is -2.34. The first kappa shape index (κ1) is 24.2. The molecule has 3 heterocycles. The molecular formula is C30H31N3O2S. The van der Waals surface area contributed by atoms with Gasteiger partial charge in [-0.25, -0.2) is 4.98 Å². The molecule has 5 rings (SSSR count). The molecule has 0 saturated carbocycles. The van der Waals surface area contributed by atoms with Crippen LogP contribution in [0.2, 0.25) is 0 Å². The van der Waals surface area contributed by atoms with Crippen molar-refractivity contribution < 1.29 is 9.59 Å². The van der Waals surface area contributed by atoms with Crippen LogP contribution in [0.25, 0.3) is 21.5 Å². The highest BCUT2D eigenvalue weighted by Crippen LogP contribution is 2.31. The summed E-state index contributed by atoms with van der Waals surface area (Å²) in [6.45, 7) is 6.65. The summed E-state index contributed by atoms with van der Waals surface area (Å²) in [6.07, 6.45) is 2.31. The van der Waals surface area contributed by atoms with E-state index in [0.717, 1.165) is 52.0 Å². The molecule has 2 amide bonds. The summed E-state index contributed by atoms with van der Waals surface area (Å²) in [5, 5.41) is 3.14. The fourth-order valence-electron chi connectivity index (χ4n) is 4.82. The van der Waals surface area contributed by atoms with Gasteiger partial charge in [0.25, 0.3) is 5.91 Å². The van der Waals surface area contributed by atoms with Crippen LogP contribution in [0, 0.1) is 13.8 Å². The van der Waals surface area contributed by atoms with Crippen LogP contribution in [0.15, 0.2) is 66.0 Å². The molecule has 0 atom stereocenters. The van der Waals surface area contributed by atoms with Gasteiger partial charge in [-0.1, -0.05) is 35.4 Å². The van der Waals surface area contributed by atoms with Crippen LogP contribution in [0.5, 0.6) is 0 Å². The van der Waals surface area contributed by atoms with E-state index in [-0.39, 0.29) is 11.8 Å². The van der Waals surface area contributed by atoms with Crippen LogP contribution in [0.3, 0.4) is 0 Å². The zero-order chi connectivity index (χ0) is 25.1. The molecule has 0 aliphatic carbocycles. The van der Waals surface area contributed by atoms with E-state index in [9.17, 15) is 9.59 Å². The third-order valence-corrected chi connectivity index (χ3v) is 7.65. The number of carbonyl (C=O) groups excluding carboxylic acids is 2. The summed E-state index contributed by atoms with van der Waals surface area (Å²) in [5.74, 6) is 0.227. The molecule has 184 valence electrons. The molecule has 0 bridgehead atoms. The molecule has 0 radical (unpaired) electrons. The molecule has 0 N–H and O–H groups in total. The predicted octanol–water partition coefficient (Wildman–Crippen LogP) is 6.24. The molecule has 1 saturated heterocycles. The number of benzene rings is 2. The minimum Gasteiger partial charge on any atom is -0.343 e. The van der Waals surface area contributed by atoms with E-state index in [4.69, 9.17) is 4.98 Å². The van der Waals surface area contributed by atoms with Crippen LogP contribution in [-0.4, -0.2) is 46.2 Å². The van der Waals surface area contributed by atoms with E-state index < -0.39 is 0 Å². The van der Waals surface area contributed by atoms with Gasteiger partial charge in [-0.3, -0.25) is 9.59 Å². The van der Waals surface area contributed by atoms with Crippen LogP contribution in [-0.2, 0) is 11.3 Å². The number of fused-ring (bicyclic) bond motifs is 1. The number of carbonyl (C=O) groups is 2. The lowest BCUT2D eigenvalue weighted by Gasteiger charge is -2.25. The Morgan fingerprint density at radius 3 is 2.58 bits per heavy atom. The van der Waals surface area contributed by atoms with E-state index in [1.807, 2.05) is 47.1 Å². The molecule has 5 nitrogen and oxygen atoms in total. The highest BCUT2D eigenvalue weighted by atomic mass is 32.1. The van der Waals surface area contributed by atoms with Gasteiger partial charge in [-0.2, -0.15) is 0 Å². The number of hydrogen-bond donors (Lipinski definition) is 0. The average molecular weight is 498 g/mol. The zero-order valence-corrected chi connectivity index (χ0v) is 21.7. The lowest BCUT2D eigenvalue weighted by molar-refractivity contribution is -0.127. The Hall–Kier alpha value is -3.51. The van der Waals surface area contributed by atoms with E-state index in [1.165, 1.54) is 5.56 Å². The smallest absolute Gasteiger partial charge is 0.254 e. The van der Waals surface area contributed by atoms with Crippen molar-refractivity contribution >= 4 is 34.1 Å². The number of likely N-dealkylation sites (tertiary alicyclic amines) is 1. The molecular weight excluding hydrogens is 466 g/mol. The first-order valence-electron chi connectivity index (χ1n) is 12.6. The first-order valence-corrected chi connectivity index (χ1v) is 13.4. The van der Waals surface area contributed by atoms with Crippen molar-refractivity contribution in [3.8, 4) is 10.6 Å². The molecule has 4 aromatic rings. The maximum Gasteiger partial charge on any atom is 0.254 e. The van der Waals surface area contributed by atoms with Crippen molar-refractivity contribution in [1.82, 2.24) is 14.8 Å². The van der Waals surface area contributed by atoms with Crippen LogP contribution >= 0.6 is 11.3 Å². The summed E-state index contributed by atoms with van der Waals surface area (Å²) < 4.78 is 0. The maximum absolute atomic E-state index is 13.7. The number of rotatable bonds is 8. The first-order chi connectivity index (χ1) is 17.5. The standard InChI is InChI=1S/C30H31N3O2S/c1-21-8-11-23(12-9-21)30(35)33(16-5-15-32-14-3-7-28(32)34)20-25-19-24-18-22(2)10-13-26(24)31-29(25)27-6-4-17-36-27/h4,6,8-13,17-19H,3,5,7,14-16,20H2,1-2H3. The second kappa shape index (κ2) is 10.6. The monoisotopic (exact) mass is 497 g/mol. The summed E-state index contributed by atoms with van der Waals surface area (Å²) in [7, 11) is 0. The Balaban J connectivity index is 1.48. The Labute approximate surface area is 216 Å². The van der Waals surface area contributed by atoms with Crippen LogP contribution in [0.1, 0.15) is 46.3 Å². The summed E-state index contributed by atoms with van der Waals surface area (Å²) in [6, 6.07) is 20.4. The van der Waals surface area contributed by atoms with Crippen molar-refractivity contribution in [2.24, 2.45) is 0 Å². The van der Waals surface area contributed by atoms with Gasteiger partial charge in [-0.05, 0) is 74.0 Å². The molecule has 2 aromatic heterocycles. The number of pyridine rings is 1. The number of hydrogen-bond acceptors (Lipinski definition) is 4. The van der Waals surface area contributed by atoms with E-state index in [0.29, 0.717) is 31.6 Å². The number of aromatic nitrogens is 1. The second-order valence-corrected chi connectivity index (χ2v) is 10.5. The molecule has 0 spiro atoms. The fraction of sp³-hybridized carbons (Fsp3) is 0.300. The Kier molecular flexibility index (Phi) is 7.14. The summed E-state index contributed by atoms with van der Waals surface area (Å²) in [4.78, 5) is 35.8. The fourth-order valence-corrected chi connectivity index (χ4v) is 5.57. The van der Waals surface area contributed by atoms with Crippen molar-refractivity contribution in [2.75, 3.05) is 19.6 Å². The van der Waals surface area contributed by atoms with Crippen molar-refractivity contribution in [3.05, 3.63) is 88.3 Å². The van der Waals surface area contributed by atoms with Gasteiger partial charge >= 0.3 is 0 Å². The summed E-state index contributed by atoms with van der Waals surface area (Å²) >= 11 is 1.66. The van der Waals surface area contributed by atoms with Gasteiger partial charge in [0.1, 0.15) is 0 Å². The van der Waals surface area contributed by atoms with Gasteiger partial charge in [0, 0.05) is 43.5 Å². The molecule has 2 aromatic carbocycles. The quantitative estimate of drug-likeness (QED) is 0.290. The Morgan fingerprint density at radius 2 is 1.86 bits per heavy atom. The number of aryl methyl sites for hydroxylation is 2. The van der Waals surface area contributed by atoms with Gasteiger partial charge in [0.15, 0.2) is 0 Å². The molecule has 1 fully saturated rings. The lowest BCUT2D eigenvalue weighted by atomic mass is 10.0. The topological polar surface area (TPSA) is 53.5 Å². The molecule has 6 heteroatoms. The van der Waals surface area contributed by atoms with Gasteiger partial charge in [-0.15, -0.1) is 11.3 Å². The molecule has 36 heavy (non-hydrogen) atoms. The zero-order valence-electron chi connectivity index (χ0n) is 20.9. The highest BCUT2D eigenvalue weighted by Gasteiger charge is 2.22. The molecule has 0 unspecified atom stereocenters. The van der Waals surface area contributed by atoms with E-state index in [2.05, 4.69) is 42.6 Å². The van der Waals surface area contributed by atoms with Gasteiger partial charge in [0.05, 0.1) is 16.1 Å². The second-order valence-electron chi connectivity index (χ2n) is 9.60. The predicted molar refractivity (Wildman–Crippen MR) is 146 cm³/mol. The maximum atomic E-state index is 13.7. The van der Waals surface area contributed by atoms with Gasteiger partial charge in [0.2, 0.25) is 5.91 Å². The Bertz CT molecular complexity index is 1380. The molecule has 1 aliphatic heterocycles. The van der Waals surface area contributed by atoms with Crippen molar-refractivity contribution in [2.45, 2.75) is 39.7 Å². The SMILES string of the molecule is Cc1ccc(C(=O)N(CCCN2CCCC2=O)Cc2cc3cc(C)ccc3nc2-c2cccs2)cc1. The highest BCUT2D eigenvalue weighted by molar-refractivity contribution is 7.13. The van der Waals surface area contributed by atoms with E-state index in [1.54, 1.807) is 11.3 Å². The summed E-state index contributed by atoms with van der Waals surface area (Å²) in [5.41, 5.74) is 5.91. The van der Waals surface area contributed by atoms with Crippen LogP contribution in [0.4, 0.5) is 0 Å². The minimum absolute atomic E-state index is 0.00390. The third-order valence-electron chi connectivity index (χ3n) is 6.78. The average Bonchev–Trinajstić information content (AvgIpc) is 3.55.